The monoisotopic (exact) mass is 323 g/mol. The highest BCUT2D eigenvalue weighted by Crippen LogP contribution is 2.24. The molecule has 0 unspecified atom stereocenters. The summed E-state index contributed by atoms with van der Waals surface area (Å²) in [6.45, 7) is 8.25. The third-order valence-electron chi connectivity index (χ3n) is 4.17. The van der Waals surface area contributed by atoms with Crippen molar-refractivity contribution in [2.24, 2.45) is 0 Å². The minimum absolute atomic E-state index is 0.180. The third-order valence-corrected chi connectivity index (χ3v) is 4.17. The molecule has 0 saturated carbocycles. The quantitative estimate of drug-likeness (QED) is 0.623. The van der Waals surface area contributed by atoms with Gasteiger partial charge in [0.2, 0.25) is 0 Å². The van der Waals surface area contributed by atoms with Gasteiger partial charge < -0.3 is 4.74 Å². The number of aryl methyl sites for hydroxylation is 1. The number of unbranched alkanes of at least 4 members (excludes halogenated alkanes) is 1. The van der Waals surface area contributed by atoms with Crippen molar-refractivity contribution >= 4 is 11.0 Å². The zero-order valence-electron chi connectivity index (χ0n) is 14.7. The van der Waals surface area contributed by atoms with Crippen LogP contribution in [0.4, 0.5) is 0 Å². The largest absolute Gasteiger partial charge is 0.494 e. The summed E-state index contributed by atoms with van der Waals surface area (Å²) in [7, 11) is 0. The van der Waals surface area contributed by atoms with E-state index in [0.29, 0.717) is 0 Å². The molecule has 3 aromatic rings. The van der Waals surface area contributed by atoms with Crippen molar-refractivity contribution in [3.8, 4) is 5.75 Å². The lowest BCUT2D eigenvalue weighted by Gasteiger charge is -2.19. The number of para-hydroxylation sites is 1. The van der Waals surface area contributed by atoms with Gasteiger partial charge in [-0.2, -0.15) is 0 Å². The minimum atomic E-state index is 0.180. The first-order chi connectivity index (χ1) is 11.5. The Kier molecular flexibility index (Phi) is 4.84. The Hall–Kier alpha value is -2.36. The van der Waals surface area contributed by atoms with Gasteiger partial charge >= 0.3 is 0 Å². The van der Waals surface area contributed by atoms with Crippen molar-refractivity contribution < 1.29 is 4.74 Å². The highest BCUT2D eigenvalue weighted by molar-refractivity contribution is 5.73. The van der Waals surface area contributed by atoms with E-state index in [2.05, 4.69) is 61.4 Å². The van der Waals surface area contributed by atoms with E-state index in [4.69, 9.17) is 4.74 Å². The smallest absolute Gasteiger partial charge is 0.119 e. The zero-order valence-corrected chi connectivity index (χ0v) is 14.7. The number of hydrogen-bond donors (Lipinski definition) is 0. The van der Waals surface area contributed by atoms with E-state index in [1.165, 1.54) is 5.56 Å². The molecular formula is C20H25N3O. The molecule has 0 spiro atoms. The highest BCUT2D eigenvalue weighted by Gasteiger charge is 2.12. The summed E-state index contributed by atoms with van der Waals surface area (Å²) in [6.07, 6.45) is 2.02. The third kappa shape index (κ3) is 3.94. The Morgan fingerprint density at radius 3 is 2.46 bits per heavy atom. The molecule has 0 bridgehead atoms. The van der Waals surface area contributed by atoms with Crippen LogP contribution in [0.2, 0.25) is 0 Å². The van der Waals surface area contributed by atoms with E-state index in [-0.39, 0.29) is 5.41 Å². The second kappa shape index (κ2) is 7.04. The molecule has 4 heteroatoms. The van der Waals surface area contributed by atoms with Crippen LogP contribution in [0.25, 0.3) is 11.0 Å². The molecule has 2 aromatic carbocycles. The molecule has 24 heavy (non-hydrogen) atoms. The molecule has 1 heterocycles. The van der Waals surface area contributed by atoms with Gasteiger partial charge in [-0.15, -0.1) is 5.10 Å². The van der Waals surface area contributed by atoms with Gasteiger partial charge in [0.25, 0.3) is 0 Å². The Balaban J connectivity index is 1.44. The lowest BCUT2D eigenvalue weighted by molar-refractivity contribution is 0.302. The summed E-state index contributed by atoms with van der Waals surface area (Å²) in [6, 6.07) is 16.5. The van der Waals surface area contributed by atoms with E-state index in [1.807, 2.05) is 22.9 Å². The van der Waals surface area contributed by atoms with Crippen LogP contribution in [0.5, 0.6) is 5.75 Å². The Morgan fingerprint density at radius 1 is 0.958 bits per heavy atom. The number of fused-ring (bicyclic) bond motifs is 1. The molecular weight excluding hydrogens is 298 g/mol. The number of hydrogen-bond acceptors (Lipinski definition) is 3. The normalized spacial score (nSPS) is 11.8. The average Bonchev–Trinajstić information content (AvgIpc) is 2.97. The van der Waals surface area contributed by atoms with Crippen LogP contribution in [-0.2, 0) is 12.0 Å². The van der Waals surface area contributed by atoms with Crippen LogP contribution in [0.1, 0.15) is 39.2 Å². The molecule has 3 rings (SSSR count). The molecule has 0 atom stereocenters. The van der Waals surface area contributed by atoms with Gasteiger partial charge in [-0.1, -0.05) is 50.3 Å². The Labute approximate surface area is 143 Å². The van der Waals surface area contributed by atoms with Crippen LogP contribution in [0.3, 0.4) is 0 Å². The van der Waals surface area contributed by atoms with Gasteiger partial charge in [-0.05, 0) is 48.1 Å². The maximum Gasteiger partial charge on any atom is 0.119 e. The molecule has 0 aliphatic carbocycles. The molecule has 4 nitrogen and oxygen atoms in total. The summed E-state index contributed by atoms with van der Waals surface area (Å²) in [5.41, 5.74) is 3.55. The van der Waals surface area contributed by atoms with E-state index < -0.39 is 0 Å². The SMILES string of the molecule is CC(C)(C)c1ccc(OCCCCn2nnc3ccccc32)cc1. The fraction of sp³-hybridized carbons (Fsp3) is 0.400. The fourth-order valence-electron chi connectivity index (χ4n) is 2.69. The van der Waals surface area contributed by atoms with Crippen LogP contribution < -0.4 is 4.74 Å². The predicted octanol–water partition coefficient (Wildman–Crippen LogP) is 4.59. The second-order valence-electron chi connectivity index (χ2n) is 7.13. The van der Waals surface area contributed by atoms with E-state index in [1.54, 1.807) is 0 Å². The van der Waals surface area contributed by atoms with Gasteiger partial charge in [0.05, 0.1) is 12.1 Å². The van der Waals surface area contributed by atoms with E-state index in [9.17, 15) is 0 Å². The molecule has 0 fully saturated rings. The van der Waals surface area contributed by atoms with Crippen molar-refractivity contribution in [3.63, 3.8) is 0 Å². The summed E-state index contributed by atoms with van der Waals surface area (Å²) < 4.78 is 7.80. The Morgan fingerprint density at radius 2 is 1.71 bits per heavy atom. The zero-order chi connectivity index (χ0) is 17.0. The Bertz CT molecular complexity index is 784. The molecule has 1 aromatic heterocycles. The summed E-state index contributed by atoms with van der Waals surface area (Å²) in [5, 5.41) is 8.38. The maximum absolute atomic E-state index is 5.84. The molecule has 0 amide bonds. The molecule has 0 saturated heterocycles. The van der Waals surface area contributed by atoms with E-state index >= 15 is 0 Å². The molecule has 0 radical (unpaired) electrons. The van der Waals surface area contributed by atoms with E-state index in [0.717, 1.165) is 42.8 Å². The lowest BCUT2D eigenvalue weighted by atomic mass is 9.87. The molecule has 0 aliphatic rings. The second-order valence-corrected chi connectivity index (χ2v) is 7.13. The number of nitrogens with zero attached hydrogens (tertiary/aromatic N) is 3. The van der Waals surface area contributed by atoms with Crippen molar-refractivity contribution in [2.75, 3.05) is 6.61 Å². The topological polar surface area (TPSA) is 39.9 Å². The predicted molar refractivity (Wildman–Crippen MR) is 97.4 cm³/mol. The van der Waals surface area contributed by atoms with Gasteiger partial charge in [0.15, 0.2) is 0 Å². The first-order valence-corrected chi connectivity index (χ1v) is 8.55. The minimum Gasteiger partial charge on any atom is -0.494 e. The van der Waals surface area contributed by atoms with Crippen molar-refractivity contribution in [1.29, 1.82) is 0 Å². The van der Waals surface area contributed by atoms with Gasteiger partial charge in [0, 0.05) is 6.54 Å². The average molecular weight is 323 g/mol. The standard InChI is InChI=1S/C20H25N3O/c1-20(2,3)16-10-12-17(13-11-16)24-15-7-6-14-23-19-9-5-4-8-18(19)21-22-23/h4-5,8-13H,6-7,14-15H2,1-3H3. The van der Waals surface area contributed by atoms with Crippen molar-refractivity contribution in [1.82, 2.24) is 15.0 Å². The van der Waals surface area contributed by atoms with Crippen molar-refractivity contribution in [3.05, 3.63) is 54.1 Å². The van der Waals surface area contributed by atoms with Gasteiger partial charge in [0.1, 0.15) is 11.3 Å². The van der Waals surface area contributed by atoms with Crippen LogP contribution in [-0.4, -0.2) is 21.6 Å². The first-order valence-electron chi connectivity index (χ1n) is 8.55. The number of ether oxygens (including phenoxy) is 1. The van der Waals surface area contributed by atoms with Crippen molar-refractivity contribution in [2.45, 2.75) is 45.6 Å². The summed E-state index contributed by atoms with van der Waals surface area (Å²) in [5.74, 6) is 0.939. The number of aromatic nitrogens is 3. The first kappa shape index (κ1) is 16.5. The van der Waals surface area contributed by atoms with Crippen LogP contribution >= 0.6 is 0 Å². The number of benzene rings is 2. The maximum atomic E-state index is 5.84. The number of rotatable bonds is 6. The highest BCUT2D eigenvalue weighted by atomic mass is 16.5. The molecule has 126 valence electrons. The van der Waals surface area contributed by atoms with Gasteiger partial charge in [-0.3, -0.25) is 0 Å². The molecule has 0 N–H and O–H groups in total. The van der Waals surface area contributed by atoms with Crippen LogP contribution in [0.15, 0.2) is 48.5 Å². The van der Waals surface area contributed by atoms with Gasteiger partial charge in [-0.25, -0.2) is 4.68 Å². The molecule has 0 aliphatic heterocycles. The van der Waals surface area contributed by atoms with Crippen LogP contribution in [0, 0.1) is 0 Å². The summed E-state index contributed by atoms with van der Waals surface area (Å²) in [4.78, 5) is 0. The lowest BCUT2D eigenvalue weighted by Crippen LogP contribution is -2.10. The summed E-state index contributed by atoms with van der Waals surface area (Å²) >= 11 is 0. The fourth-order valence-corrected chi connectivity index (χ4v) is 2.69.